The normalized spacial score (nSPS) is 12.1. The Morgan fingerprint density at radius 1 is 0.355 bits per heavy atom. The van der Waals surface area contributed by atoms with Crippen molar-refractivity contribution in [1.82, 2.24) is 4.90 Å². The number of unbranched alkanes of at least 4 members (excludes halogenated alkanes) is 18. The van der Waals surface area contributed by atoms with Crippen molar-refractivity contribution in [2.45, 2.75) is 156 Å². The molecule has 0 aromatic heterocycles. The molecule has 0 aliphatic carbocycles. The second-order valence-electron chi connectivity index (χ2n) is 9.27. The molecule has 0 fully saturated rings. The van der Waals surface area contributed by atoms with Gasteiger partial charge in [0, 0.05) is 18.6 Å². The van der Waals surface area contributed by atoms with Gasteiger partial charge >= 0.3 is 0 Å². The number of nitrogens with zero attached hydrogens (tertiary/aromatic N) is 1. The second-order valence-corrected chi connectivity index (χ2v) is 9.27. The van der Waals surface area contributed by atoms with E-state index in [-0.39, 0.29) is 0 Å². The quantitative estimate of drug-likeness (QED) is 0.137. The highest BCUT2D eigenvalue weighted by atomic mass is 15.1. The Kier molecular flexibility index (Phi) is 26.2. The van der Waals surface area contributed by atoms with Gasteiger partial charge in [0.25, 0.3) is 0 Å². The molecule has 1 heteroatoms. The molecule has 0 radical (unpaired) electrons. The van der Waals surface area contributed by atoms with Crippen LogP contribution >= 0.6 is 0 Å². The molecular weight excluding hydrogens is 374 g/mol. The van der Waals surface area contributed by atoms with E-state index < -0.39 is 0 Å². The Bertz CT molecular complexity index is 345. The van der Waals surface area contributed by atoms with Gasteiger partial charge in [0.2, 0.25) is 0 Å². The van der Waals surface area contributed by atoms with Crippen LogP contribution in [0.5, 0.6) is 0 Å². The zero-order chi connectivity index (χ0) is 22.7. The van der Waals surface area contributed by atoms with Gasteiger partial charge in [-0.1, -0.05) is 135 Å². The molecule has 0 spiro atoms. The number of allylic oxidation sites excluding steroid dienone is 3. The van der Waals surface area contributed by atoms with Crippen molar-refractivity contribution < 1.29 is 0 Å². The molecule has 1 nitrogen and oxygen atoms in total. The summed E-state index contributed by atoms with van der Waals surface area (Å²) < 4.78 is 0. The van der Waals surface area contributed by atoms with Crippen LogP contribution in [0, 0.1) is 0 Å². The third-order valence-electron chi connectivity index (χ3n) is 6.01. The maximum Gasteiger partial charge on any atom is 0.00417 e. The van der Waals surface area contributed by atoms with E-state index in [0.29, 0.717) is 0 Å². The van der Waals surface area contributed by atoms with Crippen LogP contribution in [-0.2, 0) is 0 Å². The van der Waals surface area contributed by atoms with Gasteiger partial charge in [-0.05, 0) is 38.5 Å². The fourth-order valence-electron chi connectivity index (χ4n) is 3.87. The van der Waals surface area contributed by atoms with Crippen LogP contribution in [0.2, 0.25) is 0 Å². The molecule has 0 aliphatic heterocycles. The molecule has 0 aromatic rings. The van der Waals surface area contributed by atoms with Crippen molar-refractivity contribution in [2.75, 3.05) is 0 Å². The third kappa shape index (κ3) is 25.2. The molecule has 0 amide bonds. The molecule has 0 rings (SSSR count). The molecule has 0 heterocycles. The van der Waals surface area contributed by atoms with E-state index in [1.807, 2.05) is 0 Å². The van der Waals surface area contributed by atoms with Crippen molar-refractivity contribution in [1.29, 1.82) is 0 Å². The lowest BCUT2D eigenvalue weighted by Crippen LogP contribution is -1.99. The molecule has 0 unspecified atom stereocenters. The van der Waals surface area contributed by atoms with Crippen LogP contribution in [-0.4, -0.2) is 4.90 Å². The maximum atomic E-state index is 2.37. The van der Waals surface area contributed by atoms with Gasteiger partial charge in [0.05, 0.1) is 0 Å². The monoisotopic (exact) mass is 431 g/mol. The summed E-state index contributed by atoms with van der Waals surface area (Å²) in [7, 11) is 0. The van der Waals surface area contributed by atoms with Crippen molar-refractivity contribution in [2.24, 2.45) is 0 Å². The summed E-state index contributed by atoms with van der Waals surface area (Å²) >= 11 is 0. The van der Waals surface area contributed by atoms with E-state index in [0.717, 1.165) is 0 Å². The summed E-state index contributed by atoms with van der Waals surface area (Å²) in [5, 5.41) is 0. The van der Waals surface area contributed by atoms with Crippen molar-refractivity contribution >= 4 is 0 Å². The zero-order valence-corrected chi connectivity index (χ0v) is 21.8. The van der Waals surface area contributed by atoms with Crippen LogP contribution in [0.1, 0.15) is 156 Å². The largest absolute Gasteiger partial charge is 0.332 e. The molecule has 0 saturated heterocycles. The summed E-state index contributed by atoms with van der Waals surface area (Å²) in [4.78, 5) is 2.28. The first kappa shape index (κ1) is 30.0. The Morgan fingerprint density at radius 2 is 0.613 bits per heavy atom. The van der Waals surface area contributed by atoms with Gasteiger partial charge in [0.15, 0.2) is 0 Å². The number of rotatable bonds is 24. The van der Waals surface area contributed by atoms with Crippen LogP contribution < -0.4 is 0 Å². The smallest absolute Gasteiger partial charge is 0.00417 e. The van der Waals surface area contributed by atoms with E-state index in [4.69, 9.17) is 0 Å². The molecule has 31 heavy (non-hydrogen) atoms. The highest BCUT2D eigenvalue weighted by molar-refractivity contribution is 4.99. The lowest BCUT2D eigenvalue weighted by atomic mass is 10.1. The van der Waals surface area contributed by atoms with Gasteiger partial charge in [0.1, 0.15) is 0 Å². The lowest BCUT2D eigenvalue weighted by molar-refractivity contribution is 0.602. The van der Waals surface area contributed by atoms with Gasteiger partial charge in [-0.15, -0.1) is 0 Å². The van der Waals surface area contributed by atoms with E-state index in [9.17, 15) is 0 Å². The Morgan fingerprint density at radius 3 is 0.903 bits per heavy atom. The second kappa shape index (κ2) is 27.1. The summed E-state index contributed by atoms with van der Waals surface area (Å²) in [6, 6.07) is 0. The third-order valence-corrected chi connectivity index (χ3v) is 6.01. The molecule has 182 valence electrons. The van der Waals surface area contributed by atoms with Crippen molar-refractivity contribution in [3.8, 4) is 0 Å². The maximum absolute atomic E-state index is 2.37. The standard InChI is InChI=1S/C30H57N/c1-4-7-10-13-16-19-22-25-28-31(29-26-23-20-17-14-11-8-5-2)30-27-24-21-18-15-12-9-6-3/h25-30H,4-24H2,1-3H3. The van der Waals surface area contributed by atoms with Crippen molar-refractivity contribution in [3.05, 3.63) is 36.8 Å². The first-order valence-corrected chi connectivity index (χ1v) is 14.1. The van der Waals surface area contributed by atoms with Crippen LogP contribution in [0.3, 0.4) is 0 Å². The van der Waals surface area contributed by atoms with Crippen molar-refractivity contribution in [3.63, 3.8) is 0 Å². The summed E-state index contributed by atoms with van der Waals surface area (Å²) in [6.07, 6.45) is 42.4. The van der Waals surface area contributed by atoms with E-state index >= 15 is 0 Å². The van der Waals surface area contributed by atoms with E-state index in [1.54, 1.807) is 0 Å². The topological polar surface area (TPSA) is 3.24 Å². The minimum atomic E-state index is 1.21. The predicted molar refractivity (Wildman–Crippen MR) is 143 cm³/mol. The van der Waals surface area contributed by atoms with Gasteiger partial charge in [-0.2, -0.15) is 0 Å². The SMILES string of the molecule is CCCCCCCCC=CN(C=CCCCCCCCC)C=CCCCCCCCC. The minimum absolute atomic E-state index is 1.21. The Balaban J connectivity index is 4.17. The molecule has 0 atom stereocenters. The number of hydrogen-bond acceptors (Lipinski definition) is 1. The fraction of sp³-hybridized carbons (Fsp3) is 0.800. The average molecular weight is 432 g/mol. The summed E-state index contributed by atoms with van der Waals surface area (Å²) in [5.74, 6) is 0. The Hall–Kier alpha value is -0.980. The van der Waals surface area contributed by atoms with Crippen LogP contribution in [0.4, 0.5) is 0 Å². The van der Waals surface area contributed by atoms with E-state index in [1.165, 1.54) is 135 Å². The van der Waals surface area contributed by atoms with Gasteiger partial charge in [-0.25, -0.2) is 0 Å². The first-order chi connectivity index (χ1) is 15.3. The number of hydrogen-bond donors (Lipinski definition) is 0. The summed E-state index contributed by atoms with van der Waals surface area (Å²) in [6.45, 7) is 6.87. The van der Waals surface area contributed by atoms with Gasteiger partial charge in [-0.3, -0.25) is 0 Å². The molecule has 0 saturated carbocycles. The minimum Gasteiger partial charge on any atom is -0.332 e. The highest BCUT2D eigenvalue weighted by Crippen LogP contribution is 2.11. The average Bonchev–Trinajstić information content (AvgIpc) is 2.78. The molecular formula is C30H57N. The molecule has 0 aromatic carbocycles. The molecule has 0 bridgehead atoms. The van der Waals surface area contributed by atoms with Crippen LogP contribution in [0.25, 0.3) is 0 Å². The Labute approximate surface area is 197 Å². The first-order valence-electron chi connectivity index (χ1n) is 14.1. The lowest BCUT2D eigenvalue weighted by Gasteiger charge is -2.10. The van der Waals surface area contributed by atoms with Crippen LogP contribution in [0.15, 0.2) is 36.8 Å². The highest BCUT2D eigenvalue weighted by Gasteiger charge is 1.93. The molecule has 0 N–H and O–H groups in total. The van der Waals surface area contributed by atoms with E-state index in [2.05, 4.69) is 62.5 Å². The predicted octanol–water partition coefficient (Wildman–Crippen LogP) is 11.1. The fourth-order valence-corrected chi connectivity index (χ4v) is 3.87. The summed E-state index contributed by atoms with van der Waals surface area (Å²) in [5.41, 5.74) is 0. The molecule has 0 aliphatic rings. The van der Waals surface area contributed by atoms with Gasteiger partial charge < -0.3 is 4.90 Å². The zero-order valence-electron chi connectivity index (χ0n) is 21.8.